The van der Waals surface area contributed by atoms with Crippen LogP contribution in [0, 0.1) is 15.9 Å². The zero-order chi connectivity index (χ0) is 18.1. The predicted octanol–water partition coefficient (Wildman–Crippen LogP) is 3.90. The van der Waals surface area contributed by atoms with Crippen LogP contribution in [0.25, 0.3) is 0 Å². The van der Waals surface area contributed by atoms with Crippen molar-refractivity contribution in [1.29, 1.82) is 0 Å². The predicted molar refractivity (Wildman–Crippen MR) is 90.4 cm³/mol. The van der Waals surface area contributed by atoms with Crippen molar-refractivity contribution in [2.24, 2.45) is 0 Å². The summed E-state index contributed by atoms with van der Waals surface area (Å²) < 4.78 is 30.9. The Hall–Kier alpha value is -1.51. The quantitative estimate of drug-likeness (QED) is 0.454. The second-order valence-electron chi connectivity index (χ2n) is 7.48. The topological polar surface area (TPSA) is 70.8 Å². The van der Waals surface area contributed by atoms with Crippen molar-refractivity contribution in [2.45, 2.75) is 51.1 Å². The molecule has 8 heteroatoms. The van der Waals surface area contributed by atoms with Gasteiger partial charge in [0.1, 0.15) is 18.0 Å². The minimum absolute atomic E-state index is 0.0188. The maximum atomic E-state index is 13.5. The van der Waals surface area contributed by atoms with Crippen molar-refractivity contribution in [3.8, 4) is 5.75 Å². The lowest BCUT2D eigenvalue weighted by molar-refractivity contribution is -0.386. The van der Waals surface area contributed by atoms with E-state index in [1.807, 2.05) is 0 Å². The molecule has 1 aliphatic rings. The third-order valence-electron chi connectivity index (χ3n) is 4.63. The molecule has 1 aromatic rings. The molecule has 24 heavy (non-hydrogen) atoms. The van der Waals surface area contributed by atoms with E-state index in [0.29, 0.717) is 6.61 Å². The van der Waals surface area contributed by atoms with E-state index < -0.39 is 25.2 Å². The lowest BCUT2D eigenvalue weighted by atomic mass is 10.2. The lowest BCUT2D eigenvalue weighted by Crippen LogP contribution is -2.48. The molecule has 0 unspecified atom stereocenters. The minimum Gasteiger partial charge on any atom is -0.478 e. The summed E-state index contributed by atoms with van der Waals surface area (Å²) in [6.45, 7) is 11.2. The molecule has 1 aliphatic heterocycles. The Morgan fingerprint density at radius 1 is 1.29 bits per heavy atom. The molecule has 2 rings (SSSR count). The molecule has 1 aromatic carbocycles. The van der Waals surface area contributed by atoms with Gasteiger partial charge in [-0.1, -0.05) is 20.8 Å². The van der Waals surface area contributed by atoms with Gasteiger partial charge in [0.15, 0.2) is 14.1 Å². The summed E-state index contributed by atoms with van der Waals surface area (Å²) >= 11 is 0. The van der Waals surface area contributed by atoms with Crippen molar-refractivity contribution < 1.29 is 23.2 Å². The van der Waals surface area contributed by atoms with Gasteiger partial charge in [-0.05, 0) is 24.2 Å². The first-order valence-corrected chi connectivity index (χ1v) is 10.8. The molecule has 134 valence electrons. The summed E-state index contributed by atoms with van der Waals surface area (Å²) in [5.74, 6) is -0.685. The SMILES string of the molecule is CC(C)(C)[Si](C)(C)O[C@H]1COC[C@@H]1Oc1cc(F)ccc1[N+](=O)[O-]. The van der Waals surface area contributed by atoms with Gasteiger partial charge in [-0.2, -0.15) is 0 Å². The van der Waals surface area contributed by atoms with E-state index in [2.05, 4.69) is 33.9 Å². The molecule has 0 saturated carbocycles. The normalized spacial score (nSPS) is 21.8. The first kappa shape index (κ1) is 18.8. The van der Waals surface area contributed by atoms with Gasteiger partial charge in [-0.3, -0.25) is 10.1 Å². The van der Waals surface area contributed by atoms with E-state index >= 15 is 0 Å². The maximum absolute atomic E-state index is 13.5. The summed E-state index contributed by atoms with van der Waals surface area (Å²) in [5, 5.41) is 11.1. The van der Waals surface area contributed by atoms with E-state index in [9.17, 15) is 14.5 Å². The average molecular weight is 357 g/mol. The molecule has 0 aromatic heterocycles. The molecule has 2 atom stereocenters. The van der Waals surface area contributed by atoms with E-state index in [-0.39, 0.29) is 29.2 Å². The van der Waals surface area contributed by atoms with Gasteiger partial charge in [0.25, 0.3) is 0 Å². The van der Waals surface area contributed by atoms with Crippen LogP contribution in [0.5, 0.6) is 5.75 Å². The Morgan fingerprint density at radius 2 is 1.92 bits per heavy atom. The largest absolute Gasteiger partial charge is 0.478 e. The van der Waals surface area contributed by atoms with Crippen molar-refractivity contribution >= 4 is 14.0 Å². The number of halogens is 1. The number of nitrogens with zero attached hydrogens (tertiary/aromatic N) is 1. The number of hydrogen-bond donors (Lipinski definition) is 0. The third kappa shape index (κ3) is 4.11. The van der Waals surface area contributed by atoms with E-state index in [1.165, 1.54) is 0 Å². The first-order chi connectivity index (χ1) is 11.0. The second kappa shape index (κ2) is 6.77. The lowest BCUT2D eigenvalue weighted by Gasteiger charge is -2.39. The average Bonchev–Trinajstić information content (AvgIpc) is 2.83. The van der Waals surface area contributed by atoms with Crippen LogP contribution in [0.4, 0.5) is 10.1 Å². The Morgan fingerprint density at radius 3 is 2.50 bits per heavy atom. The molecule has 6 nitrogen and oxygen atoms in total. The number of benzene rings is 1. The highest BCUT2D eigenvalue weighted by Crippen LogP contribution is 2.39. The first-order valence-electron chi connectivity index (χ1n) is 7.87. The van der Waals surface area contributed by atoms with Gasteiger partial charge in [-0.15, -0.1) is 0 Å². The van der Waals surface area contributed by atoms with Crippen LogP contribution < -0.4 is 4.74 Å². The Balaban J connectivity index is 2.18. The van der Waals surface area contributed by atoms with Crippen LogP contribution in [0.1, 0.15) is 20.8 Å². The fraction of sp³-hybridized carbons (Fsp3) is 0.625. The zero-order valence-electron chi connectivity index (χ0n) is 14.7. The fourth-order valence-electron chi connectivity index (χ4n) is 2.19. The minimum atomic E-state index is -2.04. The number of nitro groups is 1. The monoisotopic (exact) mass is 357 g/mol. The molecular weight excluding hydrogens is 333 g/mol. The highest BCUT2D eigenvalue weighted by Gasteiger charge is 2.43. The van der Waals surface area contributed by atoms with E-state index in [1.54, 1.807) is 0 Å². The van der Waals surface area contributed by atoms with Crippen LogP contribution in [0.3, 0.4) is 0 Å². The molecule has 0 bridgehead atoms. The molecule has 0 N–H and O–H groups in total. The zero-order valence-corrected chi connectivity index (χ0v) is 15.7. The highest BCUT2D eigenvalue weighted by atomic mass is 28.4. The van der Waals surface area contributed by atoms with Crippen LogP contribution in [0.15, 0.2) is 18.2 Å². The number of nitro benzene ring substituents is 1. The molecule has 0 aliphatic carbocycles. The molecule has 0 radical (unpaired) electrons. The van der Waals surface area contributed by atoms with Gasteiger partial charge in [0, 0.05) is 12.1 Å². The van der Waals surface area contributed by atoms with Gasteiger partial charge in [0.05, 0.1) is 18.1 Å². The summed E-state index contributed by atoms with van der Waals surface area (Å²) in [7, 11) is -2.04. The van der Waals surface area contributed by atoms with Gasteiger partial charge < -0.3 is 13.9 Å². The van der Waals surface area contributed by atoms with Gasteiger partial charge in [-0.25, -0.2) is 4.39 Å². The van der Waals surface area contributed by atoms with Crippen LogP contribution in [-0.4, -0.2) is 38.7 Å². The van der Waals surface area contributed by atoms with Gasteiger partial charge >= 0.3 is 5.69 Å². The highest BCUT2D eigenvalue weighted by molar-refractivity contribution is 6.74. The molecule has 0 spiro atoms. The molecule has 1 heterocycles. The molecule has 0 amide bonds. The van der Waals surface area contributed by atoms with Crippen LogP contribution >= 0.6 is 0 Å². The molecular formula is C16H24FNO5Si. The molecule has 1 fully saturated rings. The second-order valence-corrected chi connectivity index (χ2v) is 12.2. The van der Waals surface area contributed by atoms with Crippen molar-refractivity contribution in [3.63, 3.8) is 0 Å². The summed E-state index contributed by atoms with van der Waals surface area (Å²) in [5.41, 5.74) is -0.269. The van der Waals surface area contributed by atoms with Crippen molar-refractivity contribution in [3.05, 3.63) is 34.1 Å². The van der Waals surface area contributed by atoms with Crippen LogP contribution in [0.2, 0.25) is 18.1 Å². The van der Waals surface area contributed by atoms with E-state index in [0.717, 1.165) is 18.2 Å². The summed E-state index contributed by atoms with van der Waals surface area (Å²) in [6, 6.07) is 3.17. The summed E-state index contributed by atoms with van der Waals surface area (Å²) in [6.07, 6.45) is -0.826. The Kier molecular flexibility index (Phi) is 5.31. The maximum Gasteiger partial charge on any atom is 0.311 e. The Labute approximate surface area is 142 Å². The number of hydrogen-bond acceptors (Lipinski definition) is 5. The van der Waals surface area contributed by atoms with Crippen molar-refractivity contribution in [2.75, 3.05) is 13.2 Å². The van der Waals surface area contributed by atoms with Gasteiger partial charge in [0.2, 0.25) is 0 Å². The number of ether oxygens (including phenoxy) is 2. The Bertz CT molecular complexity index is 617. The number of rotatable bonds is 5. The third-order valence-corrected chi connectivity index (χ3v) is 9.13. The van der Waals surface area contributed by atoms with Crippen LogP contribution in [-0.2, 0) is 9.16 Å². The molecule has 1 saturated heterocycles. The van der Waals surface area contributed by atoms with Crippen molar-refractivity contribution in [1.82, 2.24) is 0 Å². The fourth-order valence-corrected chi connectivity index (χ4v) is 3.52. The smallest absolute Gasteiger partial charge is 0.311 e. The van der Waals surface area contributed by atoms with E-state index in [4.69, 9.17) is 13.9 Å². The summed E-state index contributed by atoms with van der Waals surface area (Å²) in [4.78, 5) is 10.5. The standard InChI is InChI=1S/C16H24FNO5Si/c1-16(2,3)24(4,5)23-15-10-21-9-14(15)22-13-8-11(17)6-7-12(13)18(19)20/h6-8,14-15H,9-10H2,1-5H3/t14-,15-/m0/s1.